The molecule has 0 aliphatic rings. The van der Waals surface area contributed by atoms with E-state index in [0.29, 0.717) is 17.8 Å². The van der Waals surface area contributed by atoms with Gasteiger partial charge < -0.3 is 5.32 Å². The summed E-state index contributed by atoms with van der Waals surface area (Å²) in [6.07, 6.45) is 6.99. The number of carbonyl (C=O) groups excluding carboxylic acids is 1. The van der Waals surface area contributed by atoms with Crippen molar-refractivity contribution < 1.29 is 4.79 Å². The molecule has 4 heterocycles. The first-order valence-electron chi connectivity index (χ1n) is 9.12. The Bertz CT molecular complexity index is 1170. The highest BCUT2D eigenvalue weighted by molar-refractivity contribution is 5.99. The van der Waals surface area contributed by atoms with Gasteiger partial charge in [-0.1, -0.05) is 0 Å². The fourth-order valence-corrected chi connectivity index (χ4v) is 3.18. The van der Waals surface area contributed by atoms with E-state index in [0.717, 1.165) is 34.8 Å². The Hall–Kier alpha value is -3.49. The topological polar surface area (TPSA) is 94.9 Å². The predicted molar refractivity (Wildman–Crippen MR) is 104 cm³/mol. The van der Waals surface area contributed by atoms with Gasteiger partial charge in [-0.15, -0.1) is 0 Å². The first kappa shape index (κ1) is 17.9. The molecule has 0 unspecified atom stereocenters. The predicted octanol–water partition coefficient (Wildman–Crippen LogP) is 1.89. The van der Waals surface area contributed by atoms with Crippen molar-refractivity contribution in [3.8, 4) is 11.3 Å². The number of hydrogen-bond acceptors (Lipinski definition) is 5. The Morgan fingerprint density at radius 2 is 2.04 bits per heavy atom. The first-order chi connectivity index (χ1) is 13.5. The van der Waals surface area contributed by atoms with Gasteiger partial charge in [-0.2, -0.15) is 15.3 Å². The van der Waals surface area contributed by atoms with Crippen LogP contribution in [0.15, 0.2) is 30.9 Å². The largest absolute Gasteiger partial charge is 0.348 e. The van der Waals surface area contributed by atoms with Gasteiger partial charge in [0.1, 0.15) is 5.56 Å². The minimum atomic E-state index is -0.219. The summed E-state index contributed by atoms with van der Waals surface area (Å²) in [6, 6.07) is 1.88. The van der Waals surface area contributed by atoms with Crippen molar-refractivity contribution in [3.63, 3.8) is 0 Å². The SMILES string of the molecule is CCn1cc(-c2ccnc3c(C(=O)NCc4cnn(C)c4C)cnn23)c(C)n1. The van der Waals surface area contributed by atoms with E-state index >= 15 is 0 Å². The highest BCUT2D eigenvalue weighted by Crippen LogP contribution is 2.23. The Morgan fingerprint density at radius 1 is 1.21 bits per heavy atom. The number of aromatic nitrogens is 7. The molecule has 144 valence electrons. The summed E-state index contributed by atoms with van der Waals surface area (Å²) >= 11 is 0. The van der Waals surface area contributed by atoms with Crippen molar-refractivity contribution in [1.82, 2.24) is 39.5 Å². The van der Waals surface area contributed by atoms with E-state index in [-0.39, 0.29) is 5.91 Å². The third kappa shape index (κ3) is 2.94. The molecule has 0 fully saturated rings. The fourth-order valence-electron chi connectivity index (χ4n) is 3.18. The second kappa shape index (κ2) is 6.91. The lowest BCUT2D eigenvalue weighted by molar-refractivity contribution is 0.0952. The lowest BCUT2D eigenvalue weighted by Gasteiger charge is -2.05. The lowest BCUT2D eigenvalue weighted by Crippen LogP contribution is -2.23. The van der Waals surface area contributed by atoms with E-state index in [9.17, 15) is 4.79 Å². The van der Waals surface area contributed by atoms with Crippen molar-refractivity contribution in [2.24, 2.45) is 7.05 Å². The van der Waals surface area contributed by atoms with Crippen molar-refractivity contribution >= 4 is 11.6 Å². The third-order valence-electron chi connectivity index (χ3n) is 4.97. The molecule has 0 radical (unpaired) electrons. The molecule has 1 amide bonds. The number of carbonyl (C=O) groups is 1. The van der Waals surface area contributed by atoms with Gasteiger partial charge in [0.25, 0.3) is 5.91 Å². The molecule has 0 aromatic carbocycles. The number of hydrogen-bond donors (Lipinski definition) is 1. The molecule has 0 bridgehead atoms. The zero-order valence-corrected chi connectivity index (χ0v) is 16.3. The Balaban J connectivity index is 1.65. The average molecular weight is 378 g/mol. The second-order valence-electron chi connectivity index (χ2n) is 6.67. The van der Waals surface area contributed by atoms with Crippen LogP contribution in [0.25, 0.3) is 16.9 Å². The summed E-state index contributed by atoms with van der Waals surface area (Å²) in [4.78, 5) is 17.1. The quantitative estimate of drug-likeness (QED) is 0.572. The van der Waals surface area contributed by atoms with Crippen LogP contribution < -0.4 is 5.32 Å². The van der Waals surface area contributed by atoms with Gasteiger partial charge in [-0.3, -0.25) is 14.2 Å². The molecule has 0 atom stereocenters. The van der Waals surface area contributed by atoms with Crippen molar-refractivity contribution in [1.29, 1.82) is 0 Å². The second-order valence-corrected chi connectivity index (χ2v) is 6.67. The standard InChI is InChI=1S/C19H22N8O/c1-5-26-11-16(12(2)24-26)17-6-7-20-18-15(10-23-27(17)18)19(28)21-8-14-9-22-25(4)13(14)3/h6-7,9-11H,5,8H2,1-4H3,(H,21,28). The van der Waals surface area contributed by atoms with E-state index in [1.54, 1.807) is 27.8 Å². The number of aryl methyl sites for hydroxylation is 3. The maximum atomic E-state index is 12.7. The summed E-state index contributed by atoms with van der Waals surface area (Å²) in [7, 11) is 1.88. The third-order valence-corrected chi connectivity index (χ3v) is 4.97. The zero-order valence-electron chi connectivity index (χ0n) is 16.3. The van der Waals surface area contributed by atoms with Crippen molar-refractivity contribution in [2.45, 2.75) is 33.9 Å². The Kier molecular flexibility index (Phi) is 4.42. The highest BCUT2D eigenvalue weighted by atomic mass is 16.1. The van der Waals surface area contributed by atoms with Crippen LogP contribution in [0.5, 0.6) is 0 Å². The Morgan fingerprint density at radius 3 is 2.71 bits per heavy atom. The molecule has 9 heteroatoms. The Labute approximate surface area is 162 Å². The van der Waals surface area contributed by atoms with Crippen LogP contribution in [0.2, 0.25) is 0 Å². The molecule has 4 aromatic rings. The maximum Gasteiger partial charge on any atom is 0.257 e. The van der Waals surface area contributed by atoms with E-state index in [1.165, 1.54) is 0 Å². The molecular formula is C19H22N8O. The smallest absolute Gasteiger partial charge is 0.257 e. The number of fused-ring (bicyclic) bond motifs is 1. The summed E-state index contributed by atoms with van der Waals surface area (Å²) < 4.78 is 5.35. The van der Waals surface area contributed by atoms with Gasteiger partial charge in [0.05, 0.1) is 23.8 Å². The summed E-state index contributed by atoms with van der Waals surface area (Å²) in [5.41, 5.74) is 5.67. The zero-order chi connectivity index (χ0) is 19.8. The van der Waals surface area contributed by atoms with Gasteiger partial charge in [-0.25, -0.2) is 9.50 Å². The number of amides is 1. The number of rotatable bonds is 5. The van der Waals surface area contributed by atoms with Gasteiger partial charge in [0, 0.05) is 49.4 Å². The summed E-state index contributed by atoms with van der Waals surface area (Å²) in [5.74, 6) is -0.219. The van der Waals surface area contributed by atoms with Crippen LogP contribution in [-0.2, 0) is 20.1 Å². The van der Waals surface area contributed by atoms with Crippen LogP contribution in [0, 0.1) is 13.8 Å². The van der Waals surface area contributed by atoms with E-state index in [2.05, 4.69) is 25.6 Å². The van der Waals surface area contributed by atoms with Crippen LogP contribution in [0.4, 0.5) is 0 Å². The monoisotopic (exact) mass is 378 g/mol. The molecule has 0 saturated carbocycles. The van der Waals surface area contributed by atoms with Gasteiger partial charge >= 0.3 is 0 Å². The van der Waals surface area contributed by atoms with Crippen molar-refractivity contribution in [2.75, 3.05) is 0 Å². The molecule has 9 nitrogen and oxygen atoms in total. The molecule has 0 aliphatic carbocycles. The fraction of sp³-hybridized carbons (Fsp3) is 0.316. The number of nitrogens with zero attached hydrogens (tertiary/aromatic N) is 7. The first-order valence-corrected chi connectivity index (χ1v) is 9.12. The number of nitrogens with one attached hydrogen (secondary N) is 1. The van der Waals surface area contributed by atoms with E-state index < -0.39 is 0 Å². The van der Waals surface area contributed by atoms with Gasteiger partial charge in [0.2, 0.25) is 0 Å². The normalized spacial score (nSPS) is 11.3. The van der Waals surface area contributed by atoms with Crippen molar-refractivity contribution in [3.05, 3.63) is 53.4 Å². The lowest BCUT2D eigenvalue weighted by atomic mass is 10.2. The highest BCUT2D eigenvalue weighted by Gasteiger charge is 2.18. The summed E-state index contributed by atoms with van der Waals surface area (Å²) in [6.45, 7) is 7.16. The molecular weight excluding hydrogens is 356 g/mol. The van der Waals surface area contributed by atoms with Crippen LogP contribution in [0.3, 0.4) is 0 Å². The minimum absolute atomic E-state index is 0.219. The molecule has 1 N–H and O–H groups in total. The van der Waals surface area contributed by atoms with Gasteiger partial charge in [-0.05, 0) is 26.8 Å². The van der Waals surface area contributed by atoms with Gasteiger partial charge in [0.15, 0.2) is 5.65 Å². The molecule has 0 aliphatic heterocycles. The van der Waals surface area contributed by atoms with Crippen LogP contribution in [0.1, 0.15) is 34.2 Å². The minimum Gasteiger partial charge on any atom is -0.348 e. The van der Waals surface area contributed by atoms with E-state index in [4.69, 9.17) is 0 Å². The van der Waals surface area contributed by atoms with E-state index in [1.807, 2.05) is 44.8 Å². The average Bonchev–Trinajstić information content (AvgIpc) is 3.38. The molecule has 0 saturated heterocycles. The molecule has 28 heavy (non-hydrogen) atoms. The molecule has 0 spiro atoms. The van der Waals surface area contributed by atoms with Crippen LogP contribution in [-0.4, -0.2) is 40.1 Å². The van der Waals surface area contributed by atoms with Crippen LogP contribution >= 0.6 is 0 Å². The summed E-state index contributed by atoms with van der Waals surface area (Å²) in [5, 5.41) is 16.0. The molecule has 4 rings (SSSR count). The molecule has 4 aromatic heterocycles. The maximum absolute atomic E-state index is 12.7.